The van der Waals surface area contributed by atoms with Crippen molar-refractivity contribution in [1.82, 2.24) is 5.32 Å². The molecule has 1 heterocycles. The van der Waals surface area contributed by atoms with Gasteiger partial charge in [0.1, 0.15) is 24.4 Å². The van der Waals surface area contributed by atoms with E-state index in [1.165, 1.54) is 128 Å². The molecule has 0 bridgehead atoms. The lowest BCUT2D eigenvalue weighted by Gasteiger charge is -2.40. The lowest BCUT2D eigenvalue weighted by molar-refractivity contribution is -0.302. The van der Waals surface area contributed by atoms with Gasteiger partial charge in [0.05, 0.1) is 32.0 Å². The van der Waals surface area contributed by atoms with E-state index in [0.717, 1.165) is 70.6 Å². The Kier molecular flexibility index (Phi) is 39.2. The molecule has 1 fully saturated rings. The van der Waals surface area contributed by atoms with Crippen molar-refractivity contribution in [3.05, 3.63) is 24.3 Å². The number of allylic oxidation sites excluding steroid dienone is 3. The van der Waals surface area contributed by atoms with Crippen LogP contribution in [0.25, 0.3) is 0 Å². The van der Waals surface area contributed by atoms with E-state index in [1.54, 1.807) is 6.08 Å². The second-order valence-electron chi connectivity index (χ2n) is 17.9. The largest absolute Gasteiger partial charge is 0.466 e. The van der Waals surface area contributed by atoms with Crippen LogP contribution in [0.3, 0.4) is 0 Å². The molecule has 1 saturated heterocycles. The van der Waals surface area contributed by atoms with Crippen LogP contribution in [0.1, 0.15) is 226 Å². The molecule has 0 radical (unpaired) electrons. The maximum Gasteiger partial charge on any atom is 0.305 e. The first-order valence-electron chi connectivity index (χ1n) is 25.6. The highest BCUT2D eigenvalue weighted by Crippen LogP contribution is 2.23. The van der Waals surface area contributed by atoms with Crippen LogP contribution in [0, 0.1) is 0 Å². The normalized spacial score (nSPS) is 20.3. The number of hydrogen-bond acceptors (Lipinski definition) is 10. The fourth-order valence-electron chi connectivity index (χ4n) is 7.90. The minimum absolute atomic E-state index is 0.0432. The number of hydrogen-bond donors (Lipinski definition) is 6. The van der Waals surface area contributed by atoms with E-state index < -0.39 is 49.5 Å². The molecule has 1 aliphatic rings. The Bertz CT molecular complexity index is 1090. The number of nitrogens with one attached hydrogen (secondary N) is 1. The van der Waals surface area contributed by atoms with E-state index >= 15 is 0 Å². The SMILES string of the molecule is CCCCCC/C=C\CCCCCCCC(=O)OCCCCCCCCCCCCCCC(=O)NC(COC1OC(CO)C(O)C(O)C1O)C(O)/C=C/CCCCCCCCC. The molecule has 11 nitrogen and oxygen atoms in total. The van der Waals surface area contributed by atoms with Gasteiger partial charge < -0.3 is 45.1 Å². The van der Waals surface area contributed by atoms with Gasteiger partial charge in [-0.3, -0.25) is 9.59 Å². The predicted molar refractivity (Wildman–Crippen MR) is 251 cm³/mol. The third-order valence-corrected chi connectivity index (χ3v) is 12.1. The fraction of sp³-hybridized carbons (Fsp3) is 0.882. The summed E-state index contributed by atoms with van der Waals surface area (Å²) in [6.07, 6.45) is 36.8. The second kappa shape index (κ2) is 41.8. The topological polar surface area (TPSA) is 175 Å². The van der Waals surface area contributed by atoms with Crippen molar-refractivity contribution in [1.29, 1.82) is 0 Å². The summed E-state index contributed by atoms with van der Waals surface area (Å²) in [6.45, 7) is 4.23. The first-order chi connectivity index (χ1) is 30.2. The molecule has 62 heavy (non-hydrogen) atoms. The molecular weight excluding hydrogens is 787 g/mol. The van der Waals surface area contributed by atoms with Crippen molar-refractivity contribution in [3.8, 4) is 0 Å². The zero-order valence-electron chi connectivity index (χ0n) is 39.6. The molecule has 0 aliphatic carbocycles. The van der Waals surface area contributed by atoms with E-state index in [9.17, 15) is 35.1 Å². The molecule has 7 atom stereocenters. The quantitative estimate of drug-likeness (QED) is 0.0196. The number of carbonyl (C=O) groups is 2. The lowest BCUT2D eigenvalue weighted by Crippen LogP contribution is -2.60. The van der Waals surface area contributed by atoms with Crippen LogP contribution in [0.5, 0.6) is 0 Å². The zero-order chi connectivity index (χ0) is 45.3. The minimum Gasteiger partial charge on any atom is -0.466 e. The van der Waals surface area contributed by atoms with Gasteiger partial charge in [-0.1, -0.05) is 179 Å². The smallest absolute Gasteiger partial charge is 0.305 e. The molecular formula is C51H95NO10. The molecule has 0 aromatic heterocycles. The lowest BCUT2D eigenvalue weighted by atomic mass is 9.99. The third-order valence-electron chi connectivity index (χ3n) is 12.1. The van der Waals surface area contributed by atoms with Crippen molar-refractivity contribution < 1.29 is 49.3 Å². The van der Waals surface area contributed by atoms with Gasteiger partial charge in [0.15, 0.2) is 6.29 Å². The Morgan fingerprint density at radius 3 is 1.56 bits per heavy atom. The summed E-state index contributed by atoms with van der Waals surface area (Å²) >= 11 is 0. The van der Waals surface area contributed by atoms with Crippen LogP contribution < -0.4 is 5.32 Å². The maximum absolute atomic E-state index is 12.9. The van der Waals surface area contributed by atoms with Crippen LogP contribution in [-0.4, -0.2) is 100 Å². The van der Waals surface area contributed by atoms with Crippen LogP contribution in [-0.2, 0) is 23.8 Å². The van der Waals surface area contributed by atoms with Gasteiger partial charge in [-0.2, -0.15) is 0 Å². The average Bonchev–Trinajstić information content (AvgIpc) is 3.27. The van der Waals surface area contributed by atoms with Gasteiger partial charge in [-0.15, -0.1) is 0 Å². The van der Waals surface area contributed by atoms with Gasteiger partial charge in [0.2, 0.25) is 5.91 Å². The van der Waals surface area contributed by atoms with Gasteiger partial charge in [-0.05, 0) is 57.8 Å². The Hall–Kier alpha value is -1.86. The van der Waals surface area contributed by atoms with E-state index in [2.05, 4.69) is 31.3 Å². The molecule has 11 heteroatoms. The summed E-state index contributed by atoms with van der Waals surface area (Å²) in [5, 5.41) is 54.1. The Morgan fingerprint density at radius 2 is 1.03 bits per heavy atom. The third kappa shape index (κ3) is 31.9. The molecule has 1 aliphatic heterocycles. The minimum atomic E-state index is -1.58. The highest BCUT2D eigenvalue weighted by atomic mass is 16.7. The number of amides is 1. The Morgan fingerprint density at radius 1 is 0.581 bits per heavy atom. The van der Waals surface area contributed by atoms with Crippen molar-refractivity contribution in [2.45, 2.75) is 269 Å². The highest BCUT2D eigenvalue weighted by molar-refractivity contribution is 5.76. The molecule has 0 spiro atoms. The number of unbranched alkanes of at least 4 members (excludes halogenated alkanes) is 27. The van der Waals surface area contributed by atoms with Gasteiger partial charge in [-0.25, -0.2) is 0 Å². The highest BCUT2D eigenvalue weighted by Gasteiger charge is 2.44. The van der Waals surface area contributed by atoms with Gasteiger partial charge in [0.25, 0.3) is 0 Å². The van der Waals surface area contributed by atoms with Crippen molar-refractivity contribution in [3.63, 3.8) is 0 Å². The van der Waals surface area contributed by atoms with Crippen LogP contribution in [0.15, 0.2) is 24.3 Å². The summed E-state index contributed by atoms with van der Waals surface area (Å²) in [5.41, 5.74) is 0. The fourth-order valence-corrected chi connectivity index (χ4v) is 7.90. The number of aliphatic hydroxyl groups excluding tert-OH is 5. The van der Waals surface area contributed by atoms with Crippen molar-refractivity contribution in [2.75, 3.05) is 19.8 Å². The summed E-state index contributed by atoms with van der Waals surface area (Å²) in [5.74, 6) is -0.244. The zero-order valence-corrected chi connectivity index (χ0v) is 39.6. The molecule has 6 N–H and O–H groups in total. The van der Waals surface area contributed by atoms with Crippen molar-refractivity contribution >= 4 is 11.9 Å². The van der Waals surface area contributed by atoms with Crippen LogP contribution in [0.2, 0.25) is 0 Å². The molecule has 7 unspecified atom stereocenters. The molecule has 1 amide bonds. The van der Waals surface area contributed by atoms with E-state index in [1.807, 2.05) is 6.08 Å². The Labute approximate surface area is 378 Å². The number of ether oxygens (including phenoxy) is 3. The van der Waals surface area contributed by atoms with Gasteiger partial charge in [0, 0.05) is 12.8 Å². The average molecular weight is 882 g/mol. The molecule has 0 saturated carbocycles. The van der Waals surface area contributed by atoms with Crippen LogP contribution >= 0.6 is 0 Å². The van der Waals surface area contributed by atoms with E-state index in [4.69, 9.17) is 14.2 Å². The summed E-state index contributed by atoms with van der Waals surface area (Å²) in [4.78, 5) is 25.0. The monoisotopic (exact) mass is 882 g/mol. The summed E-state index contributed by atoms with van der Waals surface area (Å²) in [7, 11) is 0. The summed E-state index contributed by atoms with van der Waals surface area (Å²) < 4.78 is 16.6. The maximum atomic E-state index is 12.9. The standard InChI is InChI=1S/C51H95NO10/c1-3-5-7-9-11-13-14-15-19-23-27-31-35-39-47(56)60-40-36-32-28-24-20-17-16-18-22-26-30-34-38-46(55)52-43(44(54)37-33-29-25-21-12-10-8-6-4-2)42-61-51-50(59)49(58)48(57)45(41-53)62-51/h13-14,33,37,43-45,48-51,53-54,57-59H,3-12,15-32,34-36,38-42H2,1-2H3,(H,52,55)/b14-13-,37-33+. The van der Waals surface area contributed by atoms with Crippen molar-refractivity contribution in [2.24, 2.45) is 0 Å². The molecule has 0 aromatic rings. The van der Waals surface area contributed by atoms with E-state index in [-0.39, 0.29) is 18.5 Å². The number of aliphatic hydroxyl groups is 5. The molecule has 1 rings (SSSR count). The number of rotatable bonds is 43. The predicted octanol–water partition coefficient (Wildman–Crippen LogP) is 10.2. The second-order valence-corrected chi connectivity index (χ2v) is 17.9. The molecule has 364 valence electrons. The van der Waals surface area contributed by atoms with Crippen LogP contribution in [0.4, 0.5) is 0 Å². The molecule has 0 aromatic carbocycles. The number of carbonyl (C=O) groups excluding carboxylic acids is 2. The first-order valence-corrected chi connectivity index (χ1v) is 25.6. The Balaban J connectivity index is 2.14. The summed E-state index contributed by atoms with van der Waals surface area (Å²) in [6, 6.07) is -0.820. The van der Waals surface area contributed by atoms with Gasteiger partial charge >= 0.3 is 5.97 Å². The number of esters is 1. The first kappa shape index (κ1) is 58.2. The van der Waals surface area contributed by atoms with E-state index in [0.29, 0.717) is 19.4 Å².